The number of sulfone groups is 1. The third-order valence-corrected chi connectivity index (χ3v) is 3.29. The summed E-state index contributed by atoms with van der Waals surface area (Å²) in [6, 6.07) is 2.61. The zero-order valence-electron chi connectivity index (χ0n) is 8.06. The molecule has 0 N–H and O–H groups in total. The maximum atomic E-state index is 12.8. The van der Waals surface area contributed by atoms with Gasteiger partial charge in [-0.15, -0.1) is 0 Å². The Morgan fingerprint density at radius 1 is 1.40 bits per heavy atom. The van der Waals surface area contributed by atoms with Crippen molar-refractivity contribution in [3.8, 4) is 0 Å². The van der Waals surface area contributed by atoms with Crippen molar-refractivity contribution in [2.75, 3.05) is 6.26 Å². The Morgan fingerprint density at radius 3 is 2.33 bits per heavy atom. The SMILES string of the molecule is CS(=O)(=O)c1ccc(F)c(S(=O)[O-])c1.[Na+]. The molecule has 78 valence electrons. The maximum Gasteiger partial charge on any atom is 1.00 e. The van der Waals surface area contributed by atoms with Gasteiger partial charge in [0.1, 0.15) is 5.82 Å². The normalized spacial score (nSPS) is 13.0. The van der Waals surface area contributed by atoms with Crippen LogP contribution in [0.2, 0.25) is 0 Å². The van der Waals surface area contributed by atoms with Gasteiger partial charge in [0.05, 0.1) is 9.79 Å². The molecule has 0 bridgehead atoms. The predicted molar refractivity (Wildman–Crippen MR) is 46.7 cm³/mol. The van der Waals surface area contributed by atoms with E-state index in [-0.39, 0.29) is 34.5 Å². The molecule has 1 atom stereocenters. The van der Waals surface area contributed by atoms with E-state index in [9.17, 15) is 21.6 Å². The van der Waals surface area contributed by atoms with Crippen LogP contribution in [0.4, 0.5) is 4.39 Å². The smallest absolute Gasteiger partial charge is 0.768 e. The number of hydrogen-bond donors (Lipinski definition) is 0. The Labute approximate surface area is 111 Å². The van der Waals surface area contributed by atoms with Gasteiger partial charge in [-0.1, -0.05) is 0 Å². The third-order valence-electron chi connectivity index (χ3n) is 1.51. The number of hydrogen-bond acceptors (Lipinski definition) is 4. The van der Waals surface area contributed by atoms with Crippen molar-refractivity contribution in [3.05, 3.63) is 24.0 Å². The molecule has 1 rings (SSSR count). The molecule has 0 radical (unpaired) electrons. The molecule has 8 heteroatoms. The van der Waals surface area contributed by atoms with Crippen LogP contribution in [-0.2, 0) is 20.9 Å². The molecule has 0 saturated heterocycles. The molecule has 0 fully saturated rings. The largest absolute Gasteiger partial charge is 1.00 e. The van der Waals surface area contributed by atoms with Crippen LogP contribution in [0.5, 0.6) is 0 Å². The van der Waals surface area contributed by atoms with E-state index in [1.165, 1.54) is 0 Å². The average molecular weight is 260 g/mol. The Hall–Kier alpha value is 0.210. The van der Waals surface area contributed by atoms with Crippen LogP contribution in [0.3, 0.4) is 0 Å². The van der Waals surface area contributed by atoms with E-state index >= 15 is 0 Å². The quantitative estimate of drug-likeness (QED) is 0.334. The average Bonchev–Trinajstić information content (AvgIpc) is 2.02. The van der Waals surface area contributed by atoms with Crippen molar-refractivity contribution in [1.82, 2.24) is 0 Å². The van der Waals surface area contributed by atoms with E-state index in [1.807, 2.05) is 0 Å². The summed E-state index contributed by atoms with van der Waals surface area (Å²) in [4.78, 5) is -0.869. The van der Waals surface area contributed by atoms with Crippen LogP contribution < -0.4 is 29.6 Å². The molecule has 4 nitrogen and oxygen atoms in total. The van der Waals surface area contributed by atoms with E-state index in [0.717, 1.165) is 24.5 Å². The van der Waals surface area contributed by atoms with Gasteiger partial charge in [0, 0.05) is 6.26 Å². The first-order chi connectivity index (χ1) is 6.32. The second-order valence-corrected chi connectivity index (χ2v) is 5.52. The minimum Gasteiger partial charge on any atom is -0.768 e. The summed E-state index contributed by atoms with van der Waals surface area (Å²) < 4.78 is 55.7. The van der Waals surface area contributed by atoms with Gasteiger partial charge in [0.2, 0.25) is 0 Å². The fourth-order valence-corrected chi connectivity index (χ4v) is 2.01. The molecule has 0 aliphatic heterocycles. The first kappa shape index (κ1) is 15.2. The zero-order chi connectivity index (χ0) is 10.9. The molecule has 15 heavy (non-hydrogen) atoms. The monoisotopic (exact) mass is 260 g/mol. The van der Waals surface area contributed by atoms with Crippen LogP contribution in [0.15, 0.2) is 28.0 Å². The minimum absolute atomic E-state index is 0. The van der Waals surface area contributed by atoms with Crippen LogP contribution in [0.25, 0.3) is 0 Å². The summed E-state index contributed by atoms with van der Waals surface area (Å²) in [7, 11) is -3.52. The van der Waals surface area contributed by atoms with Gasteiger partial charge in [-0.05, 0) is 29.3 Å². The second kappa shape index (κ2) is 5.51. The number of halogens is 1. The van der Waals surface area contributed by atoms with E-state index < -0.39 is 31.6 Å². The summed E-state index contributed by atoms with van der Waals surface area (Å²) >= 11 is -2.78. The van der Waals surface area contributed by atoms with Gasteiger partial charge in [-0.25, -0.2) is 12.8 Å². The summed E-state index contributed by atoms with van der Waals surface area (Å²) in [5.41, 5.74) is 0. The summed E-state index contributed by atoms with van der Waals surface area (Å²) in [6.45, 7) is 0. The van der Waals surface area contributed by atoms with Gasteiger partial charge in [0.15, 0.2) is 9.84 Å². The van der Waals surface area contributed by atoms with E-state index in [2.05, 4.69) is 0 Å². The standard InChI is InChI=1S/C7H7FO4S2.Na/c1-14(11,12)5-2-3-6(8)7(4-5)13(9)10;/h2-4H,1H3,(H,9,10);/q;+1/p-1. The van der Waals surface area contributed by atoms with Crippen molar-refractivity contribution in [2.24, 2.45) is 0 Å². The number of rotatable bonds is 2. The van der Waals surface area contributed by atoms with E-state index in [1.54, 1.807) is 0 Å². The molecule has 1 aromatic rings. The topological polar surface area (TPSA) is 74.3 Å². The second-order valence-electron chi connectivity index (χ2n) is 2.60. The third kappa shape index (κ3) is 3.93. The molecular weight excluding hydrogens is 254 g/mol. The van der Waals surface area contributed by atoms with Gasteiger partial charge >= 0.3 is 29.6 Å². The fraction of sp³-hybridized carbons (Fsp3) is 0.143. The van der Waals surface area contributed by atoms with Gasteiger partial charge in [-0.2, -0.15) is 0 Å². The summed E-state index contributed by atoms with van der Waals surface area (Å²) in [6.07, 6.45) is 0.914. The van der Waals surface area contributed by atoms with E-state index in [0.29, 0.717) is 0 Å². The molecule has 0 saturated carbocycles. The molecule has 0 aliphatic rings. The minimum atomic E-state index is -3.52. The van der Waals surface area contributed by atoms with Crippen molar-refractivity contribution in [2.45, 2.75) is 9.79 Å². The first-order valence-electron chi connectivity index (χ1n) is 3.41. The number of benzene rings is 1. The van der Waals surface area contributed by atoms with Crippen molar-refractivity contribution >= 4 is 20.9 Å². The first-order valence-corrected chi connectivity index (χ1v) is 6.38. The van der Waals surface area contributed by atoms with Crippen LogP contribution in [0.1, 0.15) is 0 Å². The molecule has 0 amide bonds. The molecule has 0 aromatic heterocycles. The van der Waals surface area contributed by atoms with Crippen molar-refractivity contribution < 1.29 is 51.1 Å². The van der Waals surface area contributed by atoms with Gasteiger partial charge < -0.3 is 4.55 Å². The molecule has 0 heterocycles. The maximum absolute atomic E-state index is 12.8. The van der Waals surface area contributed by atoms with Crippen LogP contribution >= 0.6 is 0 Å². The summed E-state index contributed by atoms with van der Waals surface area (Å²) in [5.74, 6) is -0.967. The molecule has 0 spiro atoms. The Kier molecular flexibility index (Phi) is 5.59. The predicted octanol–water partition coefficient (Wildman–Crippen LogP) is -2.53. The summed E-state index contributed by atoms with van der Waals surface area (Å²) in [5, 5.41) is 0. The van der Waals surface area contributed by atoms with Crippen LogP contribution in [-0.4, -0.2) is 23.4 Å². The fourth-order valence-electron chi connectivity index (χ4n) is 0.842. The Balaban J connectivity index is 0.00000196. The molecular formula is C7H6FNaO4S2. The Morgan fingerprint density at radius 2 is 1.93 bits per heavy atom. The van der Waals surface area contributed by atoms with E-state index in [4.69, 9.17) is 0 Å². The Bertz CT molecular complexity index is 486. The molecule has 1 unspecified atom stereocenters. The molecule has 0 aliphatic carbocycles. The van der Waals surface area contributed by atoms with Crippen molar-refractivity contribution in [1.29, 1.82) is 0 Å². The van der Waals surface area contributed by atoms with Crippen molar-refractivity contribution in [3.63, 3.8) is 0 Å². The van der Waals surface area contributed by atoms with Gasteiger partial charge in [-0.3, -0.25) is 4.21 Å². The molecule has 1 aromatic carbocycles. The van der Waals surface area contributed by atoms with Crippen LogP contribution in [0, 0.1) is 5.82 Å². The van der Waals surface area contributed by atoms with Gasteiger partial charge in [0.25, 0.3) is 0 Å². The zero-order valence-corrected chi connectivity index (χ0v) is 11.7.